The second-order valence-electron chi connectivity index (χ2n) is 8.54. The molecule has 1 aliphatic carbocycles. The fourth-order valence-electron chi connectivity index (χ4n) is 3.16. The van der Waals surface area contributed by atoms with Gasteiger partial charge in [-0.15, -0.1) is 10.2 Å². The Kier molecular flexibility index (Phi) is 5.85. The van der Waals surface area contributed by atoms with Crippen LogP contribution in [0.3, 0.4) is 0 Å². The van der Waals surface area contributed by atoms with Crippen LogP contribution in [-0.2, 0) is 4.79 Å². The molecule has 0 aromatic carbocycles. The number of piperidine rings is 1. The molecule has 6 nitrogen and oxygen atoms in total. The maximum Gasteiger partial charge on any atom is 0.233 e. The van der Waals surface area contributed by atoms with Gasteiger partial charge in [-0.25, -0.2) is 0 Å². The molecule has 1 saturated carbocycles. The van der Waals surface area contributed by atoms with Crippen LogP contribution in [0.4, 0.5) is 5.95 Å². The number of hydrogen-bond acceptors (Lipinski definition) is 5. The summed E-state index contributed by atoms with van der Waals surface area (Å²) in [6, 6.07) is 0.504. The summed E-state index contributed by atoms with van der Waals surface area (Å²) in [4.78, 5) is 14.9. The number of hydrogen-bond donors (Lipinski definition) is 1. The Balaban J connectivity index is 1.71. The summed E-state index contributed by atoms with van der Waals surface area (Å²) in [7, 11) is 0. The molecular weight excluding hydrogens is 346 g/mol. The molecule has 1 amide bonds. The van der Waals surface area contributed by atoms with Gasteiger partial charge in [0.25, 0.3) is 0 Å². The molecule has 2 fully saturated rings. The summed E-state index contributed by atoms with van der Waals surface area (Å²) >= 11 is 1.53. The van der Waals surface area contributed by atoms with E-state index in [0.717, 1.165) is 36.5 Å². The predicted octanol–water partition coefficient (Wildman–Crippen LogP) is 3.63. The van der Waals surface area contributed by atoms with Crippen molar-refractivity contribution >= 4 is 23.6 Å². The van der Waals surface area contributed by atoms with Gasteiger partial charge in [-0.1, -0.05) is 25.6 Å². The van der Waals surface area contributed by atoms with Gasteiger partial charge < -0.3 is 10.2 Å². The number of nitrogens with one attached hydrogen (secondary N) is 1. The topological polar surface area (TPSA) is 63.1 Å². The quantitative estimate of drug-likeness (QED) is 0.733. The lowest BCUT2D eigenvalue weighted by atomic mass is 10.00. The number of rotatable bonds is 7. The Morgan fingerprint density at radius 3 is 2.50 bits per heavy atom. The smallest absolute Gasteiger partial charge is 0.233 e. The van der Waals surface area contributed by atoms with Gasteiger partial charge in [0.05, 0.1) is 5.25 Å². The van der Waals surface area contributed by atoms with Crippen molar-refractivity contribution in [3.05, 3.63) is 0 Å². The second-order valence-corrected chi connectivity index (χ2v) is 9.85. The van der Waals surface area contributed by atoms with Crippen LogP contribution in [0.25, 0.3) is 0 Å². The minimum absolute atomic E-state index is 0.0699. The Morgan fingerprint density at radius 1 is 1.27 bits per heavy atom. The van der Waals surface area contributed by atoms with Gasteiger partial charge >= 0.3 is 0 Å². The number of carbonyl (C=O) groups excluding carboxylic acids is 1. The first kappa shape index (κ1) is 19.5. The molecule has 0 spiro atoms. The van der Waals surface area contributed by atoms with Crippen molar-refractivity contribution in [2.45, 2.75) is 88.7 Å². The molecular formula is C19H33N5OS. The highest BCUT2D eigenvalue weighted by Gasteiger charge is 2.34. The van der Waals surface area contributed by atoms with Gasteiger partial charge in [0.1, 0.15) is 0 Å². The molecule has 7 heteroatoms. The average molecular weight is 380 g/mol. The lowest BCUT2D eigenvalue weighted by Gasteiger charge is -2.31. The fourth-order valence-corrected chi connectivity index (χ4v) is 4.08. The van der Waals surface area contributed by atoms with Crippen LogP contribution in [0, 0.1) is 5.92 Å². The van der Waals surface area contributed by atoms with Gasteiger partial charge in [-0.2, -0.15) is 0 Å². The Bertz CT molecular complexity index is 632. The summed E-state index contributed by atoms with van der Waals surface area (Å²) in [6.07, 6.45) is 5.71. The number of anilines is 1. The van der Waals surface area contributed by atoms with Gasteiger partial charge in [0, 0.05) is 24.7 Å². The van der Waals surface area contributed by atoms with Gasteiger partial charge in [-0.3, -0.25) is 9.36 Å². The molecule has 3 rings (SSSR count). The normalized spacial score (nSPS) is 20.3. The van der Waals surface area contributed by atoms with E-state index in [2.05, 4.69) is 52.7 Å². The van der Waals surface area contributed by atoms with Crippen molar-refractivity contribution in [3.8, 4) is 0 Å². The van der Waals surface area contributed by atoms with Crippen LogP contribution in [0.15, 0.2) is 5.16 Å². The Labute approximate surface area is 161 Å². The zero-order valence-corrected chi connectivity index (χ0v) is 17.6. The Morgan fingerprint density at radius 2 is 1.92 bits per heavy atom. The van der Waals surface area contributed by atoms with E-state index in [-0.39, 0.29) is 16.7 Å². The van der Waals surface area contributed by atoms with Crippen molar-refractivity contribution in [2.24, 2.45) is 5.92 Å². The first-order chi connectivity index (χ1) is 12.3. The molecule has 1 N–H and O–H groups in total. The second kappa shape index (κ2) is 7.79. The molecule has 1 aromatic rings. The zero-order valence-electron chi connectivity index (χ0n) is 16.8. The largest absolute Gasteiger partial charge is 0.350 e. The molecule has 0 radical (unpaired) electrons. The maximum absolute atomic E-state index is 12.6. The monoisotopic (exact) mass is 379 g/mol. The highest BCUT2D eigenvalue weighted by atomic mass is 32.2. The fraction of sp³-hybridized carbons (Fsp3) is 0.842. The summed E-state index contributed by atoms with van der Waals surface area (Å²) in [5.41, 5.74) is -0.175. The van der Waals surface area contributed by atoms with E-state index in [9.17, 15) is 4.79 Å². The van der Waals surface area contributed by atoms with Crippen molar-refractivity contribution in [3.63, 3.8) is 0 Å². The Hall–Kier alpha value is -1.24. The van der Waals surface area contributed by atoms with E-state index >= 15 is 0 Å². The van der Waals surface area contributed by atoms with E-state index in [4.69, 9.17) is 0 Å². The highest BCUT2D eigenvalue weighted by Crippen LogP contribution is 2.42. The van der Waals surface area contributed by atoms with E-state index in [1.165, 1.54) is 37.4 Å². The number of amides is 1. The van der Waals surface area contributed by atoms with Crippen molar-refractivity contribution < 1.29 is 4.79 Å². The molecule has 1 atom stereocenters. The molecule has 1 unspecified atom stereocenters. The molecule has 146 valence electrons. The zero-order chi connectivity index (χ0) is 18.9. The number of carbonyl (C=O) groups is 1. The van der Waals surface area contributed by atoms with E-state index < -0.39 is 0 Å². The van der Waals surface area contributed by atoms with Gasteiger partial charge in [0.15, 0.2) is 5.16 Å². The number of aromatic nitrogens is 3. The summed E-state index contributed by atoms with van der Waals surface area (Å²) in [5, 5.41) is 12.8. The standard InChI is InChI=1S/C19H33N5OS/c1-6-19(4,5)20-16(25)14(3)26-18-22-21-17(24(18)15-7-8-15)23-11-9-13(2)10-12-23/h13-15H,6-12H2,1-5H3,(H,20,25). The first-order valence-electron chi connectivity index (χ1n) is 9.99. The first-order valence-corrected chi connectivity index (χ1v) is 10.9. The van der Waals surface area contributed by atoms with E-state index in [1.807, 2.05) is 6.92 Å². The average Bonchev–Trinajstić information content (AvgIpc) is 3.36. The van der Waals surface area contributed by atoms with Crippen LogP contribution in [0.2, 0.25) is 0 Å². The third-order valence-electron chi connectivity index (χ3n) is 5.62. The summed E-state index contributed by atoms with van der Waals surface area (Å²) in [6.45, 7) is 12.6. The molecule has 0 bridgehead atoms. The minimum atomic E-state index is -0.184. The molecule has 2 heterocycles. The number of thioether (sulfide) groups is 1. The van der Waals surface area contributed by atoms with E-state index in [1.54, 1.807) is 0 Å². The molecule has 26 heavy (non-hydrogen) atoms. The van der Waals surface area contributed by atoms with Crippen molar-refractivity contribution in [1.29, 1.82) is 0 Å². The van der Waals surface area contributed by atoms with Gasteiger partial charge in [-0.05, 0) is 58.8 Å². The van der Waals surface area contributed by atoms with E-state index in [0.29, 0.717) is 6.04 Å². The summed E-state index contributed by atoms with van der Waals surface area (Å²) < 4.78 is 2.29. The minimum Gasteiger partial charge on any atom is -0.350 e. The lowest BCUT2D eigenvalue weighted by molar-refractivity contribution is -0.121. The predicted molar refractivity (Wildman–Crippen MR) is 107 cm³/mol. The molecule has 1 aromatic heterocycles. The van der Waals surface area contributed by atoms with Crippen LogP contribution in [-0.4, -0.2) is 44.6 Å². The van der Waals surface area contributed by atoms with Gasteiger partial charge in [0.2, 0.25) is 11.9 Å². The molecule has 1 aliphatic heterocycles. The van der Waals surface area contributed by atoms with Crippen LogP contribution in [0.1, 0.15) is 72.8 Å². The highest BCUT2D eigenvalue weighted by molar-refractivity contribution is 8.00. The third-order valence-corrected chi connectivity index (χ3v) is 6.68. The van der Waals surface area contributed by atoms with Crippen molar-refractivity contribution in [2.75, 3.05) is 18.0 Å². The van der Waals surface area contributed by atoms with Crippen molar-refractivity contribution in [1.82, 2.24) is 20.1 Å². The third kappa shape index (κ3) is 4.53. The molecule has 2 aliphatic rings. The van der Waals surface area contributed by atoms with Crippen LogP contribution >= 0.6 is 11.8 Å². The number of nitrogens with zero attached hydrogens (tertiary/aromatic N) is 4. The maximum atomic E-state index is 12.6. The SMILES string of the molecule is CCC(C)(C)NC(=O)C(C)Sc1nnc(N2CCC(C)CC2)n1C1CC1. The van der Waals surface area contributed by atoms with Crippen LogP contribution in [0.5, 0.6) is 0 Å². The molecule has 1 saturated heterocycles. The summed E-state index contributed by atoms with van der Waals surface area (Å²) in [5.74, 6) is 1.87. The lowest BCUT2D eigenvalue weighted by Crippen LogP contribution is -2.46. The van der Waals surface area contributed by atoms with Crippen LogP contribution < -0.4 is 10.2 Å².